The average molecular weight is 400 g/mol. The van der Waals surface area contributed by atoms with Gasteiger partial charge in [0.15, 0.2) is 0 Å². The number of hydrogen-bond donors (Lipinski definition) is 2. The molecule has 3 rings (SSSR count). The number of amides is 2. The number of morpholine rings is 1. The van der Waals surface area contributed by atoms with Crippen molar-refractivity contribution in [2.24, 2.45) is 5.92 Å². The maximum absolute atomic E-state index is 12.3. The molecule has 2 N–H and O–H groups in total. The molecule has 158 valence electrons. The fourth-order valence-electron chi connectivity index (χ4n) is 3.54. The second-order valence-corrected chi connectivity index (χ2v) is 8.38. The Labute approximate surface area is 173 Å². The standard InChI is InChI=1S/C23H33N3O3/c1-17(2)15-21(26-11-13-29-14-12-26)16-24-22(27)10-5-18-3-6-19(7-4-18)23(28)25-20-8-9-20/h3-7,10,17,20-21H,8-9,11-16H2,1-2H3,(H,24,27)(H,25,28)/b10-5+. The summed E-state index contributed by atoms with van der Waals surface area (Å²) in [6.45, 7) is 8.43. The summed E-state index contributed by atoms with van der Waals surface area (Å²) in [7, 11) is 0. The van der Waals surface area contributed by atoms with E-state index >= 15 is 0 Å². The van der Waals surface area contributed by atoms with Gasteiger partial charge in [-0.3, -0.25) is 14.5 Å². The largest absolute Gasteiger partial charge is 0.379 e. The molecule has 0 bridgehead atoms. The molecule has 1 atom stereocenters. The van der Waals surface area contributed by atoms with Crippen molar-refractivity contribution in [3.05, 3.63) is 41.5 Å². The Morgan fingerprint density at radius 3 is 2.48 bits per heavy atom. The fourth-order valence-corrected chi connectivity index (χ4v) is 3.54. The summed E-state index contributed by atoms with van der Waals surface area (Å²) in [5, 5.41) is 6.02. The minimum absolute atomic E-state index is 0.0277. The minimum Gasteiger partial charge on any atom is -0.379 e. The Hall–Kier alpha value is -2.18. The van der Waals surface area contributed by atoms with E-state index in [-0.39, 0.29) is 11.8 Å². The van der Waals surface area contributed by atoms with Crippen LogP contribution < -0.4 is 10.6 Å². The van der Waals surface area contributed by atoms with Crippen LogP contribution in [0.25, 0.3) is 6.08 Å². The van der Waals surface area contributed by atoms with Gasteiger partial charge in [0.25, 0.3) is 5.91 Å². The third-order valence-corrected chi connectivity index (χ3v) is 5.33. The van der Waals surface area contributed by atoms with E-state index in [9.17, 15) is 9.59 Å². The zero-order chi connectivity index (χ0) is 20.6. The van der Waals surface area contributed by atoms with Gasteiger partial charge in [-0.15, -0.1) is 0 Å². The van der Waals surface area contributed by atoms with E-state index in [0.29, 0.717) is 30.1 Å². The lowest BCUT2D eigenvalue weighted by molar-refractivity contribution is -0.116. The van der Waals surface area contributed by atoms with Crippen LogP contribution in [0.15, 0.2) is 30.3 Å². The van der Waals surface area contributed by atoms with Crippen LogP contribution in [0.5, 0.6) is 0 Å². The van der Waals surface area contributed by atoms with Crippen LogP contribution >= 0.6 is 0 Å². The Morgan fingerprint density at radius 2 is 1.86 bits per heavy atom. The van der Waals surface area contributed by atoms with Gasteiger partial charge in [-0.2, -0.15) is 0 Å². The molecule has 2 fully saturated rings. The zero-order valence-corrected chi connectivity index (χ0v) is 17.5. The van der Waals surface area contributed by atoms with Crippen molar-refractivity contribution >= 4 is 17.9 Å². The van der Waals surface area contributed by atoms with Gasteiger partial charge in [-0.25, -0.2) is 0 Å². The molecular formula is C23H33N3O3. The Kier molecular flexibility index (Phi) is 7.83. The average Bonchev–Trinajstić information content (AvgIpc) is 3.54. The summed E-state index contributed by atoms with van der Waals surface area (Å²) in [6, 6.07) is 8.00. The number of rotatable bonds is 9. The van der Waals surface area contributed by atoms with Gasteiger partial charge in [0.05, 0.1) is 13.2 Å². The van der Waals surface area contributed by atoms with E-state index < -0.39 is 0 Å². The van der Waals surface area contributed by atoms with Crippen LogP contribution in [-0.4, -0.2) is 61.6 Å². The van der Waals surface area contributed by atoms with Crippen LogP contribution in [0, 0.1) is 5.92 Å². The minimum atomic E-state index is -0.0948. The van der Waals surface area contributed by atoms with Crippen molar-refractivity contribution in [3.63, 3.8) is 0 Å². The maximum atomic E-state index is 12.3. The lowest BCUT2D eigenvalue weighted by atomic mass is 10.0. The third kappa shape index (κ3) is 7.29. The highest BCUT2D eigenvalue weighted by Crippen LogP contribution is 2.19. The number of nitrogens with zero attached hydrogens (tertiary/aromatic N) is 1. The Morgan fingerprint density at radius 1 is 1.17 bits per heavy atom. The monoisotopic (exact) mass is 399 g/mol. The molecule has 6 nitrogen and oxygen atoms in total. The van der Waals surface area contributed by atoms with Crippen molar-refractivity contribution in [1.29, 1.82) is 0 Å². The van der Waals surface area contributed by atoms with Gasteiger partial charge in [0, 0.05) is 43.4 Å². The number of ether oxygens (including phenoxy) is 1. The van der Waals surface area contributed by atoms with Gasteiger partial charge in [-0.1, -0.05) is 26.0 Å². The van der Waals surface area contributed by atoms with Gasteiger partial charge >= 0.3 is 0 Å². The van der Waals surface area contributed by atoms with Gasteiger partial charge in [-0.05, 0) is 49.0 Å². The molecule has 1 aliphatic heterocycles. The van der Waals surface area contributed by atoms with Crippen LogP contribution in [-0.2, 0) is 9.53 Å². The smallest absolute Gasteiger partial charge is 0.251 e. The summed E-state index contributed by atoms with van der Waals surface area (Å²) in [5.74, 6) is 0.452. The molecule has 1 saturated carbocycles. The quantitative estimate of drug-likeness (QED) is 0.626. The molecule has 6 heteroatoms. The predicted octanol–water partition coefficient (Wildman–Crippen LogP) is 2.46. The molecule has 2 amide bonds. The number of hydrogen-bond acceptors (Lipinski definition) is 4. The fraction of sp³-hybridized carbons (Fsp3) is 0.565. The molecule has 1 aromatic rings. The summed E-state index contributed by atoms with van der Waals surface area (Å²) >= 11 is 0. The van der Waals surface area contributed by atoms with Crippen LogP contribution in [0.1, 0.15) is 49.0 Å². The molecule has 0 radical (unpaired) electrons. The van der Waals surface area contributed by atoms with Crippen molar-refractivity contribution in [1.82, 2.24) is 15.5 Å². The van der Waals surface area contributed by atoms with Crippen LogP contribution in [0.3, 0.4) is 0 Å². The molecule has 1 heterocycles. The molecule has 1 unspecified atom stereocenters. The maximum Gasteiger partial charge on any atom is 0.251 e. The molecule has 1 aromatic carbocycles. The second-order valence-electron chi connectivity index (χ2n) is 8.38. The third-order valence-electron chi connectivity index (χ3n) is 5.33. The van der Waals surface area contributed by atoms with E-state index in [1.807, 2.05) is 12.1 Å². The molecule has 0 aromatic heterocycles. The van der Waals surface area contributed by atoms with Gasteiger partial charge in [0.1, 0.15) is 0 Å². The summed E-state index contributed by atoms with van der Waals surface area (Å²) in [5.41, 5.74) is 1.55. The van der Waals surface area contributed by atoms with Crippen LogP contribution in [0.2, 0.25) is 0 Å². The van der Waals surface area contributed by atoms with E-state index in [4.69, 9.17) is 4.74 Å². The van der Waals surface area contributed by atoms with E-state index in [1.165, 1.54) is 0 Å². The first-order chi connectivity index (χ1) is 14.0. The number of carbonyl (C=O) groups is 2. The summed E-state index contributed by atoms with van der Waals surface area (Å²) in [6.07, 6.45) is 6.54. The van der Waals surface area contributed by atoms with Crippen molar-refractivity contribution < 1.29 is 14.3 Å². The highest BCUT2D eigenvalue weighted by atomic mass is 16.5. The molecule has 29 heavy (non-hydrogen) atoms. The SMILES string of the molecule is CC(C)CC(CNC(=O)/C=C/c1ccc(C(=O)NC2CC2)cc1)N1CCOCC1. The molecule has 1 saturated heterocycles. The van der Waals surface area contributed by atoms with Crippen molar-refractivity contribution in [3.8, 4) is 0 Å². The van der Waals surface area contributed by atoms with E-state index in [2.05, 4.69) is 29.4 Å². The predicted molar refractivity (Wildman–Crippen MR) is 115 cm³/mol. The Bertz CT molecular complexity index is 705. The summed E-state index contributed by atoms with van der Waals surface area (Å²) < 4.78 is 5.45. The first-order valence-electron chi connectivity index (χ1n) is 10.7. The topological polar surface area (TPSA) is 70.7 Å². The highest BCUT2D eigenvalue weighted by molar-refractivity contribution is 5.95. The lowest BCUT2D eigenvalue weighted by Crippen LogP contribution is -2.49. The van der Waals surface area contributed by atoms with Gasteiger partial charge in [0.2, 0.25) is 5.91 Å². The van der Waals surface area contributed by atoms with E-state index in [0.717, 1.165) is 51.1 Å². The second kappa shape index (κ2) is 10.6. The molecular weight excluding hydrogens is 366 g/mol. The first kappa shape index (κ1) is 21.5. The molecule has 1 aliphatic carbocycles. The number of nitrogens with one attached hydrogen (secondary N) is 2. The number of carbonyl (C=O) groups excluding carboxylic acids is 2. The van der Waals surface area contributed by atoms with Crippen molar-refractivity contribution in [2.45, 2.75) is 45.2 Å². The van der Waals surface area contributed by atoms with Crippen molar-refractivity contribution in [2.75, 3.05) is 32.8 Å². The summed E-state index contributed by atoms with van der Waals surface area (Å²) in [4.78, 5) is 26.7. The lowest BCUT2D eigenvalue weighted by Gasteiger charge is -2.35. The zero-order valence-electron chi connectivity index (χ0n) is 17.5. The normalized spacial score (nSPS) is 18.7. The number of benzene rings is 1. The van der Waals surface area contributed by atoms with Gasteiger partial charge < -0.3 is 15.4 Å². The first-order valence-corrected chi connectivity index (χ1v) is 10.7. The highest BCUT2D eigenvalue weighted by Gasteiger charge is 2.24. The van der Waals surface area contributed by atoms with E-state index in [1.54, 1.807) is 24.3 Å². The molecule has 0 spiro atoms. The van der Waals surface area contributed by atoms with Crippen LogP contribution in [0.4, 0.5) is 0 Å². The molecule has 2 aliphatic rings. The Balaban J connectivity index is 1.47.